The van der Waals surface area contributed by atoms with Gasteiger partial charge in [-0.25, -0.2) is 17.9 Å². The molecular formula is C18H18N4O4S. The van der Waals surface area contributed by atoms with Crippen LogP contribution in [0.15, 0.2) is 65.6 Å². The monoisotopic (exact) mass is 386 g/mol. The molecule has 3 aromatic rings. The Hall–Kier alpha value is -3.33. The van der Waals surface area contributed by atoms with Crippen LogP contribution in [0.4, 0.5) is 11.6 Å². The van der Waals surface area contributed by atoms with Crippen LogP contribution in [0, 0.1) is 0 Å². The predicted molar refractivity (Wildman–Crippen MR) is 101 cm³/mol. The molecule has 0 bridgehead atoms. The highest BCUT2D eigenvalue weighted by Crippen LogP contribution is 2.27. The summed E-state index contributed by atoms with van der Waals surface area (Å²) in [5, 5.41) is 4.19. The van der Waals surface area contributed by atoms with Gasteiger partial charge >= 0.3 is 5.97 Å². The van der Waals surface area contributed by atoms with Crippen LogP contribution in [-0.2, 0) is 14.8 Å². The number of carbonyl (C=O) groups excluding carboxylic acids is 1. The van der Waals surface area contributed by atoms with Crippen molar-refractivity contribution in [2.24, 2.45) is 0 Å². The quantitative estimate of drug-likeness (QED) is 0.629. The number of nitrogens with one attached hydrogen (secondary N) is 1. The SMILES string of the molecule is CCOC(=O)c1c(NS(=O)(=O)c2ccccc2)nn(-c2ccccc2)c1N. The standard InChI is InChI=1S/C18H18N4O4S/c1-2-26-18(23)15-16(19)22(13-9-5-3-6-10-13)20-17(15)21-27(24,25)14-11-7-4-8-12-14/h3-12H,2,19H2,1H3,(H,20,21). The second-order valence-electron chi connectivity index (χ2n) is 5.50. The highest BCUT2D eigenvalue weighted by atomic mass is 32.2. The fraction of sp³-hybridized carbons (Fsp3) is 0.111. The van der Waals surface area contributed by atoms with Gasteiger partial charge < -0.3 is 10.5 Å². The first-order valence-electron chi connectivity index (χ1n) is 8.13. The summed E-state index contributed by atoms with van der Waals surface area (Å²) in [6.07, 6.45) is 0. The Morgan fingerprint density at radius 1 is 1.11 bits per heavy atom. The lowest BCUT2D eigenvalue weighted by Gasteiger charge is -2.07. The van der Waals surface area contributed by atoms with Crippen LogP contribution in [0.5, 0.6) is 0 Å². The number of para-hydroxylation sites is 1. The van der Waals surface area contributed by atoms with Crippen LogP contribution in [-0.4, -0.2) is 30.8 Å². The third kappa shape index (κ3) is 3.77. The van der Waals surface area contributed by atoms with Crippen molar-refractivity contribution in [2.45, 2.75) is 11.8 Å². The van der Waals surface area contributed by atoms with E-state index in [2.05, 4.69) is 9.82 Å². The molecule has 0 amide bonds. The molecule has 27 heavy (non-hydrogen) atoms. The summed E-state index contributed by atoms with van der Waals surface area (Å²) >= 11 is 0. The van der Waals surface area contributed by atoms with Crippen molar-refractivity contribution in [3.63, 3.8) is 0 Å². The minimum absolute atomic E-state index is 0.0228. The van der Waals surface area contributed by atoms with Crippen LogP contribution in [0.2, 0.25) is 0 Å². The minimum atomic E-state index is -3.96. The van der Waals surface area contributed by atoms with Gasteiger partial charge in [0.2, 0.25) is 0 Å². The topological polar surface area (TPSA) is 116 Å². The molecule has 1 heterocycles. The normalized spacial score (nSPS) is 11.1. The summed E-state index contributed by atoms with van der Waals surface area (Å²) in [7, 11) is -3.96. The molecule has 0 atom stereocenters. The first-order chi connectivity index (χ1) is 12.9. The Balaban J connectivity index is 2.10. The molecule has 0 unspecified atom stereocenters. The Kier molecular flexibility index (Phi) is 5.13. The highest BCUT2D eigenvalue weighted by molar-refractivity contribution is 7.92. The van der Waals surface area contributed by atoms with E-state index in [0.29, 0.717) is 5.69 Å². The fourth-order valence-corrected chi connectivity index (χ4v) is 3.49. The molecule has 0 saturated carbocycles. The van der Waals surface area contributed by atoms with Gasteiger partial charge in [0, 0.05) is 0 Å². The van der Waals surface area contributed by atoms with E-state index in [1.165, 1.54) is 16.8 Å². The summed E-state index contributed by atoms with van der Waals surface area (Å²) in [5.41, 5.74) is 6.53. The number of nitrogens with two attached hydrogens (primary N) is 1. The summed E-state index contributed by atoms with van der Waals surface area (Å²) in [5.74, 6) is -0.980. The van der Waals surface area contributed by atoms with E-state index in [1.54, 1.807) is 49.4 Å². The predicted octanol–water partition coefficient (Wildman–Crippen LogP) is 2.43. The number of rotatable bonds is 6. The van der Waals surface area contributed by atoms with Crippen molar-refractivity contribution in [3.05, 3.63) is 66.2 Å². The Labute approximate surface area is 156 Å². The number of benzene rings is 2. The van der Waals surface area contributed by atoms with Crippen molar-refractivity contribution in [1.29, 1.82) is 0 Å². The second kappa shape index (κ2) is 7.50. The van der Waals surface area contributed by atoms with Crippen molar-refractivity contribution >= 4 is 27.6 Å². The molecule has 0 aliphatic rings. The maximum Gasteiger partial charge on any atom is 0.345 e. The van der Waals surface area contributed by atoms with Crippen molar-refractivity contribution < 1.29 is 17.9 Å². The molecule has 1 aromatic heterocycles. The van der Waals surface area contributed by atoms with Crippen LogP contribution in [0.25, 0.3) is 5.69 Å². The molecule has 0 radical (unpaired) electrons. The van der Waals surface area contributed by atoms with Gasteiger partial charge in [-0.2, -0.15) is 0 Å². The van der Waals surface area contributed by atoms with E-state index >= 15 is 0 Å². The Morgan fingerprint density at radius 2 is 1.70 bits per heavy atom. The van der Waals surface area contributed by atoms with Gasteiger partial charge in [0.15, 0.2) is 5.82 Å². The van der Waals surface area contributed by atoms with Gasteiger partial charge in [0.05, 0.1) is 17.2 Å². The number of nitrogens with zero attached hydrogens (tertiary/aromatic N) is 2. The zero-order chi connectivity index (χ0) is 19.4. The van der Waals surface area contributed by atoms with Crippen LogP contribution >= 0.6 is 0 Å². The number of aromatic nitrogens is 2. The molecule has 0 fully saturated rings. The highest BCUT2D eigenvalue weighted by Gasteiger charge is 2.27. The molecule has 3 N–H and O–H groups in total. The Bertz CT molecular complexity index is 1050. The van der Waals surface area contributed by atoms with Crippen LogP contribution in [0.1, 0.15) is 17.3 Å². The molecular weight excluding hydrogens is 368 g/mol. The lowest BCUT2D eigenvalue weighted by molar-refractivity contribution is 0.0529. The first kappa shape index (κ1) is 18.5. The molecule has 9 heteroatoms. The summed E-state index contributed by atoms with van der Waals surface area (Å²) in [6.45, 7) is 1.75. The molecule has 2 aromatic carbocycles. The fourth-order valence-electron chi connectivity index (χ4n) is 2.46. The zero-order valence-corrected chi connectivity index (χ0v) is 15.3. The van der Waals surface area contributed by atoms with Gasteiger partial charge in [-0.05, 0) is 31.2 Å². The lowest BCUT2D eigenvalue weighted by atomic mass is 10.3. The number of ether oxygens (including phenoxy) is 1. The van der Waals surface area contributed by atoms with E-state index in [1.807, 2.05) is 6.07 Å². The Morgan fingerprint density at radius 3 is 2.30 bits per heavy atom. The smallest absolute Gasteiger partial charge is 0.345 e. The molecule has 0 aliphatic carbocycles. The number of carbonyl (C=O) groups is 1. The van der Waals surface area contributed by atoms with Gasteiger partial charge in [-0.3, -0.25) is 4.72 Å². The molecule has 8 nitrogen and oxygen atoms in total. The van der Waals surface area contributed by atoms with Gasteiger partial charge in [-0.15, -0.1) is 5.10 Å². The zero-order valence-electron chi connectivity index (χ0n) is 14.5. The van der Waals surface area contributed by atoms with Crippen molar-refractivity contribution in [1.82, 2.24) is 9.78 Å². The molecule has 0 spiro atoms. The number of hydrogen-bond acceptors (Lipinski definition) is 6. The van der Waals surface area contributed by atoms with E-state index in [9.17, 15) is 13.2 Å². The summed E-state index contributed by atoms with van der Waals surface area (Å²) in [6, 6.07) is 16.6. The minimum Gasteiger partial charge on any atom is -0.462 e. The van der Waals surface area contributed by atoms with Crippen molar-refractivity contribution in [2.75, 3.05) is 17.1 Å². The van der Waals surface area contributed by atoms with E-state index in [-0.39, 0.29) is 28.7 Å². The molecule has 0 aliphatic heterocycles. The maximum atomic E-state index is 12.6. The third-order valence-electron chi connectivity index (χ3n) is 3.69. The van der Waals surface area contributed by atoms with Crippen LogP contribution < -0.4 is 10.5 Å². The first-order valence-corrected chi connectivity index (χ1v) is 9.61. The number of nitrogen functional groups attached to an aromatic ring is 1. The number of sulfonamides is 1. The largest absolute Gasteiger partial charge is 0.462 e. The van der Waals surface area contributed by atoms with E-state index in [0.717, 1.165) is 0 Å². The van der Waals surface area contributed by atoms with E-state index < -0.39 is 16.0 Å². The van der Waals surface area contributed by atoms with Gasteiger partial charge in [0.1, 0.15) is 11.4 Å². The summed E-state index contributed by atoms with van der Waals surface area (Å²) < 4.78 is 33.9. The number of anilines is 2. The van der Waals surface area contributed by atoms with Gasteiger partial charge in [-0.1, -0.05) is 36.4 Å². The maximum absolute atomic E-state index is 12.6. The summed E-state index contributed by atoms with van der Waals surface area (Å²) in [4.78, 5) is 12.4. The van der Waals surface area contributed by atoms with E-state index in [4.69, 9.17) is 10.5 Å². The van der Waals surface area contributed by atoms with Gasteiger partial charge in [0.25, 0.3) is 10.0 Å². The third-order valence-corrected chi connectivity index (χ3v) is 5.04. The second-order valence-corrected chi connectivity index (χ2v) is 7.18. The molecule has 3 rings (SSSR count). The molecule has 0 saturated heterocycles. The lowest BCUT2D eigenvalue weighted by Crippen LogP contribution is -2.16. The van der Waals surface area contributed by atoms with Crippen LogP contribution in [0.3, 0.4) is 0 Å². The average Bonchev–Trinajstić information content (AvgIpc) is 2.99. The molecule has 140 valence electrons. The van der Waals surface area contributed by atoms with Crippen molar-refractivity contribution in [3.8, 4) is 5.69 Å². The number of hydrogen-bond donors (Lipinski definition) is 2. The average molecular weight is 386 g/mol. The number of esters is 1.